The number of rotatable bonds is 5. The molecule has 0 aliphatic heterocycles. The summed E-state index contributed by atoms with van der Waals surface area (Å²) in [6, 6.07) is 8.99. The molecule has 3 aromatic rings. The van der Waals surface area contributed by atoms with Gasteiger partial charge in [0.2, 0.25) is 0 Å². The second-order valence-corrected chi connectivity index (χ2v) is 5.32. The van der Waals surface area contributed by atoms with Crippen molar-refractivity contribution >= 4 is 16.9 Å². The third kappa shape index (κ3) is 3.18. The lowest BCUT2D eigenvalue weighted by Gasteiger charge is -2.16. The van der Waals surface area contributed by atoms with E-state index in [0.717, 1.165) is 22.0 Å². The predicted octanol–water partition coefficient (Wildman–Crippen LogP) is 3.35. The number of pyridine rings is 1. The van der Waals surface area contributed by atoms with Gasteiger partial charge in [-0.25, -0.2) is 0 Å². The fourth-order valence-electron chi connectivity index (χ4n) is 2.81. The number of phenols is 1. The van der Waals surface area contributed by atoms with Crippen LogP contribution in [0.1, 0.15) is 30.4 Å². The van der Waals surface area contributed by atoms with Gasteiger partial charge in [-0.2, -0.15) is 0 Å². The predicted molar refractivity (Wildman–Crippen MR) is 87.3 cm³/mol. The van der Waals surface area contributed by atoms with Crippen molar-refractivity contribution in [1.29, 1.82) is 0 Å². The average molecular weight is 310 g/mol. The molecule has 3 rings (SSSR count). The van der Waals surface area contributed by atoms with Gasteiger partial charge in [0.25, 0.3) is 0 Å². The number of benzene rings is 1. The van der Waals surface area contributed by atoms with Gasteiger partial charge in [0.1, 0.15) is 5.75 Å². The maximum atomic E-state index is 12.0. The molecule has 2 heterocycles. The molecule has 0 spiro atoms. The van der Waals surface area contributed by atoms with E-state index in [1.165, 1.54) is 0 Å². The molecular weight excluding hydrogens is 292 g/mol. The summed E-state index contributed by atoms with van der Waals surface area (Å²) in [6.07, 6.45) is 5.57. The van der Waals surface area contributed by atoms with E-state index in [1.54, 1.807) is 31.5 Å². The number of fused-ring (bicyclic) bond motifs is 1. The van der Waals surface area contributed by atoms with E-state index in [-0.39, 0.29) is 24.1 Å². The molecule has 1 aromatic carbocycles. The first kappa shape index (κ1) is 15.1. The van der Waals surface area contributed by atoms with Crippen molar-refractivity contribution in [2.75, 3.05) is 6.61 Å². The van der Waals surface area contributed by atoms with E-state index in [1.807, 2.05) is 24.4 Å². The van der Waals surface area contributed by atoms with E-state index in [9.17, 15) is 9.90 Å². The van der Waals surface area contributed by atoms with Crippen LogP contribution < -0.4 is 0 Å². The Kier molecular flexibility index (Phi) is 4.28. The van der Waals surface area contributed by atoms with Crippen LogP contribution in [-0.2, 0) is 9.53 Å². The van der Waals surface area contributed by atoms with Crippen molar-refractivity contribution in [2.45, 2.75) is 19.3 Å². The highest BCUT2D eigenvalue weighted by atomic mass is 16.5. The maximum absolute atomic E-state index is 12.0. The van der Waals surface area contributed by atoms with Crippen molar-refractivity contribution in [3.63, 3.8) is 0 Å². The second-order valence-electron chi connectivity index (χ2n) is 5.32. The van der Waals surface area contributed by atoms with Crippen molar-refractivity contribution in [2.24, 2.45) is 0 Å². The fraction of sp³-hybridized carbons (Fsp3) is 0.222. The topological polar surface area (TPSA) is 75.2 Å². The van der Waals surface area contributed by atoms with Gasteiger partial charge in [-0.1, -0.05) is 0 Å². The van der Waals surface area contributed by atoms with Gasteiger partial charge in [-0.3, -0.25) is 9.78 Å². The van der Waals surface area contributed by atoms with Gasteiger partial charge < -0.3 is 14.8 Å². The molecule has 0 amide bonds. The zero-order valence-corrected chi connectivity index (χ0v) is 12.8. The highest BCUT2D eigenvalue weighted by Gasteiger charge is 2.22. The van der Waals surface area contributed by atoms with Crippen LogP contribution in [0.2, 0.25) is 0 Å². The van der Waals surface area contributed by atoms with Gasteiger partial charge in [0, 0.05) is 41.5 Å². The van der Waals surface area contributed by atoms with Gasteiger partial charge in [0.15, 0.2) is 0 Å². The number of hydrogen-bond donors (Lipinski definition) is 2. The van der Waals surface area contributed by atoms with Gasteiger partial charge in [-0.05, 0) is 42.3 Å². The minimum atomic E-state index is -0.234. The summed E-state index contributed by atoms with van der Waals surface area (Å²) in [7, 11) is 0. The van der Waals surface area contributed by atoms with Crippen LogP contribution in [0.4, 0.5) is 0 Å². The Hall–Kier alpha value is -2.82. The molecule has 23 heavy (non-hydrogen) atoms. The number of carbonyl (C=O) groups is 1. The number of esters is 1. The Bertz CT molecular complexity index is 812. The SMILES string of the molecule is CCOC(=O)CC(c1ccncc1)c1c[nH]c2cc(O)ccc12. The molecule has 5 nitrogen and oxygen atoms in total. The summed E-state index contributed by atoms with van der Waals surface area (Å²) in [6.45, 7) is 2.16. The lowest BCUT2D eigenvalue weighted by molar-refractivity contribution is -0.143. The fourth-order valence-corrected chi connectivity index (χ4v) is 2.81. The summed E-state index contributed by atoms with van der Waals surface area (Å²) in [4.78, 5) is 19.2. The quantitative estimate of drug-likeness (QED) is 0.709. The number of aromatic hydroxyl groups is 1. The van der Waals surface area contributed by atoms with E-state index in [4.69, 9.17) is 4.74 Å². The molecule has 1 atom stereocenters. The summed E-state index contributed by atoms with van der Waals surface area (Å²) in [5.74, 6) is -0.158. The van der Waals surface area contributed by atoms with Gasteiger partial charge in [-0.15, -0.1) is 0 Å². The maximum Gasteiger partial charge on any atom is 0.306 e. The second kappa shape index (κ2) is 6.52. The summed E-state index contributed by atoms with van der Waals surface area (Å²) < 4.78 is 5.12. The third-order valence-corrected chi connectivity index (χ3v) is 3.86. The highest BCUT2D eigenvalue weighted by Crippen LogP contribution is 2.34. The van der Waals surface area contributed by atoms with Crippen LogP contribution in [-0.4, -0.2) is 27.7 Å². The van der Waals surface area contributed by atoms with Crippen LogP contribution in [0.5, 0.6) is 5.75 Å². The Labute approximate surface area is 133 Å². The smallest absolute Gasteiger partial charge is 0.306 e. The molecule has 0 aliphatic rings. The zero-order chi connectivity index (χ0) is 16.2. The summed E-state index contributed by atoms with van der Waals surface area (Å²) in [5.41, 5.74) is 2.84. The number of nitrogens with zero attached hydrogens (tertiary/aromatic N) is 1. The van der Waals surface area contributed by atoms with E-state index >= 15 is 0 Å². The molecule has 0 saturated carbocycles. The van der Waals surface area contributed by atoms with Crippen molar-refractivity contribution in [3.05, 3.63) is 60.0 Å². The third-order valence-electron chi connectivity index (χ3n) is 3.86. The molecule has 1 unspecified atom stereocenters. The number of aromatic nitrogens is 2. The molecule has 0 bridgehead atoms. The lowest BCUT2D eigenvalue weighted by atomic mass is 9.89. The molecule has 2 N–H and O–H groups in total. The normalized spacial score (nSPS) is 12.2. The van der Waals surface area contributed by atoms with Crippen LogP contribution in [0, 0.1) is 0 Å². The molecule has 5 heteroatoms. The molecule has 0 saturated heterocycles. The van der Waals surface area contributed by atoms with E-state index in [2.05, 4.69) is 9.97 Å². The number of H-pyrrole nitrogens is 1. The highest BCUT2D eigenvalue weighted by molar-refractivity contribution is 5.86. The molecule has 118 valence electrons. The van der Waals surface area contributed by atoms with Crippen LogP contribution >= 0.6 is 0 Å². The Balaban J connectivity index is 2.04. The van der Waals surface area contributed by atoms with E-state index < -0.39 is 0 Å². The monoisotopic (exact) mass is 310 g/mol. The molecule has 0 fully saturated rings. The van der Waals surface area contributed by atoms with Crippen LogP contribution in [0.15, 0.2) is 48.9 Å². The number of nitrogens with one attached hydrogen (secondary N) is 1. The van der Waals surface area contributed by atoms with Crippen LogP contribution in [0.3, 0.4) is 0 Å². The Morgan fingerprint density at radius 3 is 2.83 bits per heavy atom. The number of carbonyl (C=O) groups excluding carboxylic acids is 1. The number of hydrogen-bond acceptors (Lipinski definition) is 4. The van der Waals surface area contributed by atoms with Crippen molar-refractivity contribution < 1.29 is 14.6 Å². The van der Waals surface area contributed by atoms with Crippen molar-refractivity contribution in [3.8, 4) is 5.75 Å². The molecule has 0 aliphatic carbocycles. The zero-order valence-electron chi connectivity index (χ0n) is 12.8. The lowest BCUT2D eigenvalue weighted by Crippen LogP contribution is -2.11. The number of aromatic amines is 1. The number of ether oxygens (including phenoxy) is 1. The van der Waals surface area contributed by atoms with Crippen LogP contribution in [0.25, 0.3) is 10.9 Å². The first-order valence-electron chi connectivity index (χ1n) is 7.54. The van der Waals surface area contributed by atoms with Gasteiger partial charge in [0.05, 0.1) is 13.0 Å². The first-order valence-corrected chi connectivity index (χ1v) is 7.54. The Morgan fingerprint density at radius 2 is 2.09 bits per heavy atom. The summed E-state index contributed by atoms with van der Waals surface area (Å²) >= 11 is 0. The van der Waals surface area contributed by atoms with Crippen molar-refractivity contribution in [1.82, 2.24) is 9.97 Å². The summed E-state index contributed by atoms with van der Waals surface area (Å²) in [5, 5.41) is 10.6. The molecule has 0 radical (unpaired) electrons. The average Bonchev–Trinajstić information content (AvgIpc) is 2.96. The minimum Gasteiger partial charge on any atom is -0.508 e. The van der Waals surface area contributed by atoms with E-state index in [0.29, 0.717) is 6.61 Å². The largest absolute Gasteiger partial charge is 0.508 e. The molecule has 2 aromatic heterocycles. The standard InChI is InChI=1S/C18H18N2O3/c1-2-23-18(22)10-15(12-5-7-19-8-6-12)16-11-20-17-9-13(21)3-4-14(16)17/h3-9,11,15,20-21H,2,10H2,1H3. The first-order chi connectivity index (χ1) is 11.2. The number of phenolic OH excluding ortho intramolecular Hbond substituents is 1. The Morgan fingerprint density at radius 1 is 1.30 bits per heavy atom. The van der Waals surface area contributed by atoms with Gasteiger partial charge >= 0.3 is 5.97 Å². The minimum absolute atomic E-state index is 0.129. The molecular formula is C18H18N2O3.